The third-order valence-electron chi connectivity index (χ3n) is 5.22. The highest BCUT2D eigenvalue weighted by Gasteiger charge is 2.35. The van der Waals surface area contributed by atoms with Gasteiger partial charge in [0.05, 0.1) is 0 Å². The predicted octanol–water partition coefficient (Wildman–Crippen LogP) is 5.54. The summed E-state index contributed by atoms with van der Waals surface area (Å²) < 4.78 is 14.8. The number of fused-ring (bicyclic) bond motifs is 1. The summed E-state index contributed by atoms with van der Waals surface area (Å²) in [6.45, 7) is 0. The molecular formula is C25H20NOPS. The Bertz CT molecular complexity index is 1130. The van der Waals surface area contributed by atoms with Crippen LogP contribution in [0.4, 0.5) is 5.69 Å². The van der Waals surface area contributed by atoms with Gasteiger partial charge in [-0.1, -0.05) is 109 Å². The van der Waals surface area contributed by atoms with E-state index in [1.165, 1.54) is 4.90 Å². The highest BCUT2D eigenvalue weighted by Crippen LogP contribution is 2.50. The number of benzene rings is 4. The third kappa shape index (κ3) is 3.21. The van der Waals surface area contributed by atoms with E-state index >= 15 is 0 Å². The fourth-order valence-corrected chi connectivity index (χ4v) is 8.00. The van der Waals surface area contributed by atoms with Crippen molar-refractivity contribution >= 4 is 40.5 Å². The fourth-order valence-electron chi connectivity index (χ4n) is 3.83. The quantitative estimate of drug-likeness (QED) is 0.445. The van der Waals surface area contributed by atoms with Crippen LogP contribution in [-0.4, -0.2) is 0 Å². The molecule has 0 spiro atoms. The summed E-state index contributed by atoms with van der Waals surface area (Å²) in [5, 5.41) is 6.26. The zero-order chi connectivity index (χ0) is 19.7. The smallest absolute Gasteiger partial charge is 0.171 e. The molecule has 2 nitrogen and oxygen atoms in total. The van der Waals surface area contributed by atoms with E-state index in [-0.39, 0.29) is 5.37 Å². The van der Waals surface area contributed by atoms with E-state index in [9.17, 15) is 4.57 Å². The third-order valence-corrected chi connectivity index (χ3v) is 9.57. The van der Waals surface area contributed by atoms with Crippen molar-refractivity contribution in [1.29, 1.82) is 0 Å². The Morgan fingerprint density at radius 1 is 0.655 bits per heavy atom. The van der Waals surface area contributed by atoms with Gasteiger partial charge in [-0.15, -0.1) is 0 Å². The minimum Gasteiger partial charge on any atom is -0.368 e. The Morgan fingerprint density at radius 3 is 1.86 bits per heavy atom. The molecule has 29 heavy (non-hydrogen) atoms. The van der Waals surface area contributed by atoms with Gasteiger partial charge in [0.15, 0.2) is 7.14 Å². The Balaban J connectivity index is 1.69. The van der Waals surface area contributed by atoms with Crippen LogP contribution in [0.2, 0.25) is 0 Å². The fraction of sp³-hybridized carbons (Fsp3) is 0.0400. The topological polar surface area (TPSA) is 29.1 Å². The number of hydrogen-bond donors (Lipinski definition) is 1. The second-order valence-electron chi connectivity index (χ2n) is 6.98. The van der Waals surface area contributed by atoms with E-state index in [4.69, 9.17) is 0 Å². The molecule has 1 aliphatic heterocycles. The summed E-state index contributed by atoms with van der Waals surface area (Å²) in [4.78, 5) is 1.22. The molecule has 1 heterocycles. The molecule has 0 aromatic heterocycles. The Hall–Kier alpha value is -2.74. The maximum absolute atomic E-state index is 14.8. The number of nitrogens with one attached hydrogen (secondary N) is 1. The minimum atomic E-state index is -3.02. The second-order valence-corrected chi connectivity index (χ2v) is 10.9. The molecule has 1 aliphatic rings. The lowest BCUT2D eigenvalue weighted by Crippen LogP contribution is -2.28. The normalized spacial score (nSPS) is 15.5. The average Bonchev–Trinajstić information content (AvgIpc) is 3.24. The van der Waals surface area contributed by atoms with E-state index in [0.717, 1.165) is 27.2 Å². The molecule has 0 saturated carbocycles. The van der Waals surface area contributed by atoms with Crippen LogP contribution in [-0.2, 0) is 4.57 Å². The summed E-state index contributed by atoms with van der Waals surface area (Å²) >= 11 is 1.78. The SMILES string of the molecule is O=P(c1ccccc1)(c1ccccc1)c1ccccc1[C@H]1Nc2ccccc2S1. The van der Waals surface area contributed by atoms with E-state index in [0.29, 0.717) is 0 Å². The van der Waals surface area contributed by atoms with Crippen LogP contribution in [0.3, 0.4) is 0 Å². The Kier molecular flexibility index (Phi) is 4.79. The molecule has 0 aliphatic carbocycles. The zero-order valence-corrected chi connectivity index (χ0v) is 17.4. The van der Waals surface area contributed by atoms with Gasteiger partial charge in [-0.3, -0.25) is 0 Å². The summed E-state index contributed by atoms with van der Waals surface area (Å²) in [6, 6.07) is 36.2. The first kappa shape index (κ1) is 18.3. The molecule has 1 N–H and O–H groups in total. The Morgan fingerprint density at radius 2 is 1.21 bits per heavy atom. The molecule has 4 aromatic carbocycles. The van der Waals surface area contributed by atoms with Crippen LogP contribution in [0, 0.1) is 0 Å². The van der Waals surface area contributed by atoms with Gasteiger partial charge in [-0.05, 0) is 17.7 Å². The van der Waals surface area contributed by atoms with Gasteiger partial charge in [0.2, 0.25) is 0 Å². The van der Waals surface area contributed by atoms with E-state index in [2.05, 4.69) is 29.6 Å². The van der Waals surface area contributed by atoms with Gasteiger partial charge >= 0.3 is 0 Å². The molecule has 1 atom stereocenters. The van der Waals surface area contributed by atoms with Crippen molar-refractivity contribution < 1.29 is 4.57 Å². The van der Waals surface area contributed by atoms with Gasteiger partial charge < -0.3 is 9.88 Å². The highest BCUT2D eigenvalue weighted by molar-refractivity contribution is 8.00. The monoisotopic (exact) mass is 413 g/mol. The summed E-state index contributed by atoms with van der Waals surface area (Å²) in [5.74, 6) is 0. The first-order valence-corrected chi connectivity index (χ1v) is 12.2. The molecule has 0 bridgehead atoms. The summed E-state index contributed by atoms with van der Waals surface area (Å²) in [7, 11) is -3.02. The largest absolute Gasteiger partial charge is 0.368 e. The maximum atomic E-state index is 14.8. The highest BCUT2D eigenvalue weighted by atomic mass is 32.2. The predicted molar refractivity (Wildman–Crippen MR) is 124 cm³/mol. The molecule has 4 aromatic rings. The molecule has 0 radical (unpaired) electrons. The van der Waals surface area contributed by atoms with Gasteiger partial charge in [-0.2, -0.15) is 0 Å². The summed E-state index contributed by atoms with van der Waals surface area (Å²) in [5.41, 5.74) is 2.20. The number of hydrogen-bond acceptors (Lipinski definition) is 3. The van der Waals surface area contributed by atoms with Crippen molar-refractivity contribution in [2.45, 2.75) is 10.3 Å². The van der Waals surface area contributed by atoms with E-state index < -0.39 is 7.14 Å². The lowest BCUT2D eigenvalue weighted by Gasteiger charge is -2.25. The summed E-state index contributed by atoms with van der Waals surface area (Å²) in [6.07, 6.45) is 0. The number of anilines is 1. The standard InChI is InChI=1S/C25H20NOPS/c27-28(19-11-3-1-4-12-19,20-13-5-2-6-14-20)23-17-9-7-15-21(23)25-26-22-16-8-10-18-24(22)29-25/h1-18,25-26H/t25-/m0/s1. The molecule has 0 fully saturated rings. The molecule has 5 rings (SSSR count). The van der Waals surface area contributed by atoms with Crippen molar-refractivity contribution in [1.82, 2.24) is 0 Å². The second kappa shape index (κ2) is 7.59. The minimum absolute atomic E-state index is 0.0318. The molecule has 0 amide bonds. The first-order chi connectivity index (χ1) is 14.3. The van der Waals surface area contributed by atoms with Crippen molar-refractivity contribution in [3.8, 4) is 0 Å². The van der Waals surface area contributed by atoms with Crippen LogP contribution in [0.25, 0.3) is 0 Å². The van der Waals surface area contributed by atoms with Crippen LogP contribution in [0.5, 0.6) is 0 Å². The van der Waals surface area contributed by atoms with Crippen LogP contribution >= 0.6 is 18.9 Å². The lowest BCUT2D eigenvalue weighted by atomic mass is 10.2. The molecule has 142 valence electrons. The molecule has 4 heteroatoms. The molecular weight excluding hydrogens is 393 g/mol. The first-order valence-electron chi connectivity index (χ1n) is 9.60. The average molecular weight is 413 g/mol. The van der Waals surface area contributed by atoms with Crippen molar-refractivity contribution in [3.63, 3.8) is 0 Å². The van der Waals surface area contributed by atoms with Crippen molar-refractivity contribution in [3.05, 3.63) is 115 Å². The van der Waals surface area contributed by atoms with Gasteiger partial charge in [0.1, 0.15) is 5.37 Å². The van der Waals surface area contributed by atoms with E-state index in [1.807, 2.05) is 84.9 Å². The van der Waals surface area contributed by atoms with Crippen LogP contribution < -0.4 is 21.2 Å². The van der Waals surface area contributed by atoms with Gasteiger partial charge in [0, 0.05) is 26.5 Å². The maximum Gasteiger partial charge on any atom is 0.171 e. The van der Waals surface area contributed by atoms with Crippen LogP contribution in [0.15, 0.2) is 114 Å². The Labute approximate surface area is 175 Å². The lowest BCUT2D eigenvalue weighted by molar-refractivity contribution is 0.592. The van der Waals surface area contributed by atoms with Crippen LogP contribution in [0.1, 0.15) is 10.9 Å². The van der Waals surface area contributed by atoms with Gasteiger partial charge in [0.25, 0.3) is 0 Å². The van der Waals surface area contributed by atoms with E-state index in [1.54, 1.807) is 11.8 Å². The van der Waals surface area contributed by atoms with Gasteiger partial charge in [-0.25, -0.2) is 0 Å². The van der Waals surface area contributed by atoms with Crippen molar-refractivity contribution in [2.75, 3.05) is 5.32 Å². The molecule has 0 saturated heterocycles. The number of para-hydroxylation sites is 1. The molecule has 0 unspecified atom stereocenters. The zero-order valence-electron chi connectivity index (χ0n) is 15.7. The number of rotatable bonds is 4. The number of thioether (sulfide) groups is 1. The van der Waals surface area contributed by atoms with Crippen molar-refractivity contribution in [2.24, 2.45) is 0 Å².